The lowest BCUT2D eigenvalue weighted by Gasteiger charge is -2.30. The average Bonchev–Trinajstić information content (AvgIpc) is 3.09. The van der Waals surface area contributed by atoms with Gasteiger partial charge in [-0.15, -0.1) is 0 Å². The van der Waals surface area contributed by atoms with E-state index in [1.54, 1.807) is 6.20 Å². The van der Waals surface area contributed by atoms with Gasteiger partial charge in [-0.3, -0.25) is 4.90 Å². The molecule has 1 unspecified atom stereocenters. The molecule has 4 heteroatoms. The fourth-order valence-corrected chi connectivity index (χ4v) is 2.67. The van der Waals surface area contributed by atoms with Gasteiger partial charge in [0.1, 0.15) is 0 Å². The van der Waals surface area contributed by atoms with Crippen LogP contribution in [0.15, 0.2) is 16.8 Å². The monoisotopic (exact) mass is 235 g/mol. The number of aromatic nitrogens is 1. The lowest BCUT2D eigenvalue weighted by atomic mass is 10.0. The third-order valence-electron chi connectivity index (χ3n) is 3.78. The Bertz CT molecular complexity index is 328. The molecule has 1 N–H and O–H groups in total. The minimum atomic E-state index is 0.673. The molecule has 2 heterocycles. The minimum absolute atomic E-state index is 0.673. The van der Waals surface area contributed by atoms with E-state index in [-0.39, 0.29) is 0 Å². The van der Waals surface area contributed by atoms with Crippen LogP contribution in [0.2, 0.25) is 0 Å². The molecule has 0 aromatic carbocycles. The van der Waals surface area contributed by atoms with Gasteiger partial charge in [0.25, 0.3) is 0 Å². The van der Waals surface area contributed by atoms with Crippen molar-refractivity contribution in [3.63, 3.8) is 0 Å². The zero-order valence-corrected chi connectivity index (χ0v) is 10.3. The van der Waals surface area contributed by atoms with Crippen LogP contribution in [0, 0.1) is 0 Å². The molecule has 0 amide bonds. The number of rotatable bonds is 5. The van der Waals surface area contributed by atoms with Gasteiger partial charge in [-0.25, -0.2) is 0 Å². The van der Waals surface area contributed by atoms with Crippen LogP contribution in [0.3, 0.4) is 0 Å². The van der Waals surface area contributed by atoms with Crippen molar-refractivity contribution in [2.45, 2.75) is 50.7 Å². The first-order valence-corrected chi connectivity index (χ1v) is 6.79. The van der Waals surface area contributed by atoms with Gasteiger partial charge < -0.3 is 9.84 Å². The number of nitrogens with one attached hydrogen (secondary N) is 1. The second-order valence-corrected chi connectivity index (χ2v) is 5.29. The molecule has 94 valence electrons. The number of hydrogen-bond donors (Lipinski definition) is 1. The summed E-state index contributed by atoms with van der Waals surface area (Å²) in [7, 11) is 0. The zero-order chi connectivity index (χ0) is 11.5. The molecule has 2 fully saturated rings. The second kappa shape index (κ2) is 5.19. The summed E-state index contributed by atoms with van der Waals surface area (Å²) in [4.78, 5) is 2.56. The fourth-order valence-electron chi connectivity index (χ4n) is 2.67. The molecule has 17 heavy (non-hydrogen) atoms. The molecular formula is C13H21N3O. The van der Waals surface area contributed by atoms with E-state index in [2.05, 4.69) is 15.4 Å². The molecule has 0 radical (unpaired) electrons. The minimum Gasteiger partial charge on any atom is -0.360 e. The lowest BCUT2D eigenvalue weighted by molar-refractivity contribution is 0.188. The summed E-state index contributed by atoms with van der Waals surface area (Å²) in [5.74, 6) is 0.993. The maximum atomic E-state index is 5.22. The highest BCUT2D eigenvalue weighted by Gasteiger charge is 2.31. The van der Waals surface area contributed by atoms with Gasteiger partial charge in [0.15, 0.2) is 5.76 Å². The molecule has 1 aliphatic heterocycles. The standard InChI is InChI=1S/C13H21N3O/c1-2-7-14-11(3-1)9-16(12-4-5-12)10-13-6-8-15-17-13/h6,8,11-12,14H,1-5,7,9-10H2. The van der Waals surface area contributed by atoms with Crippen LogP contribution < -0.4 is 5.32 Å². The third kappa shape index (κ3) is 3.07. The van der Waals surface area contributed by atoms with Crippen molar-refractivity contribution < 1.29 is 4.52 Å². The molecule has 0 spiro atoms. The highest BCUT2D eigenvalue weighted by Crippen LogP contribution is 2.29. The first-order valence-electron chi connectivity index (χ1n) is 6.79. The maximum Gasteiger partial charge on any atom is 0.150 e. The van der Waals surface area contributed by atoms with E-state index in [9.17, 15) is 0 Å². The zero-order valence-electron chi connectivity index (χ0n) is 10.3. The van der Waals surface area contributed by atoms with Crippen molar-refractivity contribution in [3.05, 3.63) is 18.0 Å². The Labute approximate surface area is 102 Å². The quantitative estimate of drug-likeness (QED) is 0.844. The Morgan fingerprint density at radius 3 is 2.94 bits per heavy atom. The second-order valence-electron chi connectivity index (χ2n) is 5.29. The first kappa shape index (κ1) is 11.2. The maximum absolute atomic E-state index is 5.22. The summed E-state index contributed by atoms with van der Waals surface area (Å²) in [5, 5.41) is 7.41. The molecule has 1 aromatic heterocycles. The van der Waals surface area contributed by atoms with E-state index < -0.39 is 0 Å². The first-order chi connectivity index (χ1) is 8.42. The van der Waals surface area contributed by atoms with Gasteiger partial charge in [0.05, 0.1) is 12.7 Å². The van der Waals surface area contributed by atoms with Gasteiger partial charge in [-0.1, -0.05) is 11.6 Å². The van der Waals surface area contributed by atoms with Crippen LogP contribution in [0.1, 0.15) is 37.9 Å². The van der Waals surface area contributed by atoms with Crippen molar-refractivity contribution in [2.24, 2.45) is 0 Å². The molecular weight excluding hydrogens is 214 g/mol. The highest BCUT2D eigenvalue weighted by molar-refractivity contribution is 4.96. The molecule has 1 saturated carbocycles. The van der Waals surface area contributed by atoms with Gasteiger partial charge in [-0.2, -0.15) is 0 Å². The summed E-state index contributed by atoms with van der Waals surface area (Å²) in [6.45, 7) is 3.26. The number of piperidine rings is 1. The lowest BCUT2D eigenvalue weighted by Crippen LogP contribution is -2.44. The van der Waals surface area contributed by atoms with Crippen molar-refractivity contribution in [2.75, 3.05) is 13.1 Å². The van der Waals surface area contributed by atoms with Crippen LogP contribution in [0.4, 0.5) is 0 Å². The molecule has 1 saturated heterocycles. The Morgan fingerprint density at radius 2 is 2.29 bits per heavy atom. The van der Waals surface area contributed by atoms with E-state index in [0.29, 0.717) is 6.04 Å². The average molecular weight is 235 g/mol. The molecule has 3 rings (SSSR count). The topological polar surface area (TPSA) is 41.3 Å². The Hall–Kier alpha value is -0.870. The van der Waals surface area contributed by atoms with Gasteiger partial charge in [0.2, 0.25) is 0 Å². The fraction of sp³-hybridized carbons (Fsp3) is 0.769. The van der Waals surface area contributed by atoms with Crippen LogP contribution in [-0.4, -0.2) is 35.2 Å². The van der Waals surface area contributed by atoms with E-state index in [0.717, 1.165) is 24.9 Å². The van der Waals surface area contributed by atoms with Gasteiger partial charge >= 0.3 is 0 Å². The molecule has 1 atom stereocenters. The van der Waals surface area contributed by atoms with Gasteiger partial charge in [0, 0.05) is 24.7 Å². The van der Waals surface area contributed by atoms with Crippen LogP contribution in [0.25, 0.3) is 0 Å². The highest BCUT2D eigenvalue weighted by atomic mass is 16.5. The largest absolute Gasteiger partial charge is 0.360 e. The summed E-state index contributed by atoms with van der Waals surface area (Å²) < 4.78 is 5.22. The summed E-state index contributed by atoms with van der Waals surface area (Å²) >= 11 is 0. The predicted molar refractivity (Wildman–Crippen MR) is 65.6 cm³/mol. The van der Waals surface area contributed by atoms with E-state index in [1.165, 1.54) is 38.6 Å². The van der Waals surface area contributed by atoms with Crippen molar-refractivity contribution in [1.29, 1.82) is 0 Å². The predicted octanol–water partition coefficient (Wildman–Crippen LogP) is 1.78. The molecule has 2 aliphatic rings. The van der Waals surface area contributed by atoms with E-state index in [1.807, 2.05) is 6.07 Å². The van der Waals surface area contributed by atoms with E-state index in [4.69, 9.17) is 4.52 Å². The number of hydrogen-bond acceptors (Lipinski definition) is 4. The summed E-state index contributed by atoms with van der Waals surface area (Å²) in [5.41, 5.74) is 0. The van der Waals surface area contributed by atoms with Crippen molar-refractivity contribution in [3.8, 4) is 0 Å². The molecule has 1 aliphatic carbocycles. The molecule has 4 nitrogen and oxygen atoms in total. The molecule has 0 bridgehead atoms. The Morgan fingerprint density at radius 1 is 1.35 bits per heavy atom. The summed E-state index contributed by atoms with van der Waals surface area (Å²) in [6.07, 6.45) is 8.46. The van der Waals surface area contributed by atoms with E-state index >= 15 is 0 Å². The van der Waals surface area contributed by atoms with Crippen LogP contribution >= 0.6 is 0 Å². The SMILES string of the molecule is c1cc(CN(CC2CCCCN2)C2CC2)on1. The Kier molecular flexibility index (Phi) is 3.43. The van der Waals surface area contributed by atoms with Crippen molar-refractivity contribution in [1.82, 2.24) is 15.4 Å². The van der Waals surface area contributed by atoms with Gasteiger partial charge in [-0.05, 0) is 32.2 Å². The summed E-state index contributed by atoms with van der Waals surface area (Å²) in [6, 6.07) is 3.43. The van der Waals surface area contributed by atoms with Crippen LogP contribution in [-0.2, 0) is 6.54 Å². The number of nitrogens with zero attached hydrogens (tertiary/aromatic N) is 2. The normalized spacial score (nSPS) is 25.4. The van der Waals surface area contributed by atoms with Crippen molar-refractivity contribution >= 4 is 0 Å². The Balaban J connectivity index is 1.56. The van der Waals surface area contributed by atoms with Crippen LogP contribution in [0.5, 0.6) is 0 Å². The molecule has 1 aromatic rings. The smallest absolute Gasteiger partial charge is 0.150 e. The third-order valence-corrected chi connectivity index (χ3v) is 3.78.